The maximum absolute atomic E-state index is 12.1. The Balaban J connectivity index is 1.97. The summed E-state index contributed by atoms with van der Waals surface area (Å²) in [5, 5.41) is 19.4. The zero-order chi connectivity index (χ0) is 20.6. The van der Waals surface area contributed by atoms with E-state index >= 15 is 0 Å². The Bertz CT molecular complexity index is 566. The quantitative estimate of drug-likeness (QED) is 0.514. The molecule has 0 spiro atoms. The van der Waals surface area contributed by atoms with Crippen LogP contribution in [0.5, 0.6) is 0 Å². The van der Waals surface area contributed by atoms with Gasteiger partial charge in [0.1, 0.15) is 5.54 Å². The maximum Gasteiger partial charge on any atom is 0.457 e. The summed E-state index contributed by atoms with van der Waals surface area (Å²) in [7, 11) is 3.38. The maximum atomic E-state index is 12.1. The zero-order valence-electron chi connectivity index (χ0n) is 17.3. The molecule has 2 aliphatic rings. The molecule has 0 radical (unpaired) electrons. The van der Waals surface area contributed by atoms with E-state index in [4.69, 9.17) is 9.31 Å². The molecule has 0 saturated carbocycles. The second-order valence-electron chi connectivity index (χ2n) is 8.98. The smallest absolute Gasteiger partial charge is 0.457 e. The Kier molecular flexibility index (Phi) is 6.19. The fourth-order valence-electron chi connectivity index (χ4n) is 3.92. The monoisotopic (exact) mass is 384 g/mol. The van der Waals surface area contributed by atoms with E-state index in [0.717, 1.165) is 4.90 Å². The molecule has 1 unspecified atom stereocenters. The molecule has 1 amide bonds. The number of likely N-dealkylation sites (tertiary alicyclic amines) is 1. The van der Waals surface area contributed by atoms with Crippen LogP contribution in [0.4, 0.5) is 4.79 Å². The van der Waals surface area contributed by atoms with Crippen LogP contribution in [0.25, 0.3) is 0 Å². The number of carbonyl (C=O) groups is 2. The highest BCUT2D eigenvalue weighted by molar-refractivity contribution is 6.45. The van der Waals surface area contributed by atoms with Gasteiger partial charge in [-0.05, 0) is 61.0 Å². The molecule has 27 heavy (non-hydrogen) atoms. The van der Waals surface area contributed by atoms with Crippen molar-refractivity contribution in [3.63, 3.8) is 0 Å². The van der Waals surface area contributed by atoms with E-state index in [1.807, 2.05) is 46.7 Å². The number of rotatable bonds is 7. The van der Waals surface area contributed by atoms with Gasteiger partial charge in [0.2, 0.25) is 0 Å². The van der Waals surface area contributed by atoms with Crippen LogP contribution in [0.1, 0.15) is 53.4 Å². The molecule has 2 atom stereocenters. The number of carboxylic acid groups (broad SMARTS) is 2. The fourth-order valence-corrected chi connectivity index (χ4v) is 3.92. The Morgan fingerprint density at radius 3 is 2.11 bits per heavy atom. The summed E-state index contributed by atoms with van der Waals surface area (Å²) in [5.41, 5.74) is -2.13. The second kappa shape index (κ2) is 7.60. The molecule has 0 bridgehead atoms. The highest BCUT2D eigenvalue weighted by Crippen LogP contribution is 2.39. The van der Waals surface area contributed by atoms with Gasteiger partial charge in [0.25, 0.3) is 0 Å². The molecular weight excluding hydrogens is 351 g/mol. The third-order valence-electron chi connectivity index (χ3n) is 6.42. The van der Waals surface area contributed by atoms with Gasteiger partial charge in [0.15, 0.2) is 0 Å². The number of unbranched alkanes of at least 4 members (excludes halogenated alkanes) is 1. The van der Waals surface area contributed by atoms with Gasteiger partial charge >= 0.3 is 19.2 Å². The first-order chi connectivity index (χ1) is 12.3. The first-order valence-corrected chi connectivity index (χ1v) is 9.58. The number of nitrogens with zero attached hydrogens (tertiary/aromatic N) is 2. The van der Waals surface area contributed by atoms with Crippen LogP contribution in [0.2, 0.25) is 6.32 Å². The van der Waals surface area contributed by atoms with Crippen molar-refractivity contribution >= 4 is 19.2 Å². The predicted octanol–water partition coefficient (Wildman–Crippen LogP) is 2.39. The minimum absolute atomic E-state index is 0.0969. The van der Waals surface area contributed by atoms with E-state index in [1.165, 1.54) is 0 Å². The Morgan fingerprint density at radius 1 is 1.11 bits per heavy atom. The zero-order valence-corrected chi connectivity index (χ0v) is 17.3. The summed E-state index contributed by atoms with van der Waals surface area (Å²) >= 11 is 0. The summed E-state index contributed by atoms with van der Waals surface area (Å²) in [6.07, 6.45) is 1.39. The van der Waals surface area contributed by atoms with Crippen molar-refractivity contribution in [2.75, 3.05) is 20.6 Å². The predicted molar refractivity (Wildman–Crippen MR) is 102 cm³/mol. The lowest BCUT2D eigenvalue weighted by atomic mass is 9.80. The largest absolute Gasteiger partial charge is 0.479 e. The van der Waals surface area contributed by atoms with Crippen molar-refractivity contribution in [1.29, 1.82) is 0 Å². The molecule has 2 N–H and O–H groups in total. The molecular formula is C18H33BN2O6. The van der Waals surface area contributed by atoms with Gasteiger partial charge in [0.05, 0.1) is 11.2 Å². The van der Waals surface area contributed by atoms with E-state index in [9.17, 15) is 19.8 Å². The number of amides is 1. The lowest BCUT2D eigenvalue weighted by molar-refractivity contribution is -0.149. The van der Waals surface area contributed by atoms with Gasteiger partial charge in [-0.2, -0.15) is 0 Å². The standard InChI is InChI=1S/C18H33BN2O6/c1-16(2)17(3,4)27-19(26-16)10-8-7-9-18(14(22)23)11-13(20(5)6)12-21(18)15(24)25/h13H,7-12H2,1-6H3,(H,22,23)(H,24,25)/t13-,18?/m1/s1. The van der Waals surface area contributed by atoms with E-state index in [-0.39, 0.29) is 30.9 Å². The molecule has 2 fully saturated rings. The average molecular weight is 384 g/mol. The van der Waals surface area contributed by atoms with Crippen molar-refractivity contribution in [2.24, 2.45) is 0 Å². The molecule has 2 saturated heterocycles. The third-order valence-corrected chi connectivity index (χ3v) is 6.42. The van der Waals surface area contributed by atoms with Gasteiger partial charge < -0.3 is 24.4 Å². The molecule has 0 aromatic rings. The first kappa shape index (κ1) is 22.0. The number of hydrogen-bond donors (Lipinski definition) is 2. The van der Waals surface area contributed by atoms with Crippen molar-refractivity contribution in [3.05, 3.63) is 0 Å². The van der Waals surface area contributed by atoms with Crippen molar-refractivity contribution in [3.8, 4) is 0 Å². The van der Waals surface area contributed by atoms with Gasteiger partial charge in [-0.15, -0.1) is 0 Å². The summed E-state index contributed by atoms with van der Waals surface area (Å²) in [6.45, 7) is 8.20. The molecule has 0 aliphatic carbocycles. The van der Waals surface area contributed by atoms with Crippen molar-refractivity contribution in [2.45, 2.75) is 82.5 Å². The van der Waals surface area contributed by atoms with Crippen LogP contribution in [0.3, 0.4) is 0 Å². The van der Waals surface area contributed by atoms with Crippen molar-refractivity contribution in [1.82, 2.24) is 9.80 Å². The normalized spacial score (nSPS) is 29.5. The number of aliphatic carboxylic acids is 1. The van der Waals surface area contributed by atoms with Crippen molar-refractivity contribution < 1.29 is 29.1 Å². The van der Waals surface area contributed by atoms with Crippen LogP contribution in [-0.4, -0.2) is 82.6 Å². The third kappa shape index (κ3) is 4.25. The van der Waals surface area contributed by atoms with Gasteiger partial charge in [-0.25, -0.2) is 9.59 Å². The topological polar surface area (TPSA) is 99.5 Å². The molecule has 8 nitrogen and oxygen atoms in total. The number of likely N-dealkylation sites (N-methyl/N-ethyl adjacent to an activating group) is 1. The summed E-state index contributed by atoms with van der Waals surface area (Å²) < 4.78 is 11.9. The lowest BCUT2D eigenvalue weighted by Crippen LogP contribution is -2.52. The van der Waals surface area contributed by atoms with Crippen LogP contribution < -0.4 is 0 Å². The van der Waals surface area contributed by atoms with Crippen LogP contribution in [0.15, 0.2) is 0 Å². The Morgan fingerprint density at radius 2 is 1.67 bits per heavy atom. The Labute approximate surface area is 161 Å². The minimum Gasteiger partial charge on any atom is -0.479 e. The van der Waals surface area contributed by atoms with E-state index in [1.54, 1.807) is 0 Å². The minimum atomic E-state index is -1.36. The molecule has 154 valence electrons. The number of hydrogen-bond acceptors (Lipinski definition) is 5. The van der Waals surface area contributed by atoms with Gasteiger partial charge in [-0.1, -0.05) is 12.8 Å². The van der Waals surface area contributed by atoms with E-state index < -0.39 is 17.6 Å². The lowest BCUT2D eigenvalue weighted by Gasteiger charge is -2.32. The molecule has 2 rings (SSSR count). The molecule has 0 aromatic carbocycles. The summed E-state index contributed by atoms with van der Waals surface area (Å²) in [5.74, 6) is -1.06. The van der Waals surface area contributed by atoms with Gasteiger partial charge in [-0.3, -0.25) is 4.90 Å². The fraction of sp³-hybridized carbons (Fsp3) is 0.889. The van der Waals surface area contributed by atoms with Crippen LogP contribution in [-0.2, 0) is 14.1 Å². The molecule has 2 heterocycles. The van der Waals surface area contributed by atoms with E-state index in [0.29, 0.717) is 32.0 Å². The average Bonchev–Trinajstić information content (AvgIpc) is 3.00. The molecule has 2 aliphatic heterocycles. The molecule has 0 aromatic heterocycles. The van der Waals surface area contributed by atoms with Crippen LogP contribution in [0, 0.1) is 0 Å². The summed E-state index contributed by atoms with van der Waals surface area (Å²) in [4.78, 5) is 26.7. The van der Waals surface area contributed by atoms with Gasteiger partial charge in [0, 0.05) is 12.6 Å². The first-order valence-electron chi connectivity index (χ1n) is 9.58. The van der Waals surface area contributed by atoms with Crippen LogP contribution >= 0.6 is 0 Å². The summed E-state index contributed by atoms with van der Waals surface area (Å²) in [6, 6.07) is -0.0969. The highest BCUT2D eigenvalue weighted by atomic mass is 16.7. The second-order valence-corrected chi connectivity index (χ2v) is 8.98. The number of carboxylic acids is 1. The SMILES string of the molecule is CN(C)[C@H]1CN(C(=O)O)C(CCCCB2OC(C)(C)C(C)(C)O2)(C(=O)O)C1. The highest BCUT2D eigenvalue weighted by Gasteiger charge is 2.54. The molecule has 9 heteroatoms. The Hall–Kier alpha value is -1.32. The van der Waals surface area contributed by atoms with E-state index in [2.05, 4.69) is 0 Å².